The molecule has 1 heteroatoms. The van der Waals surface area contributed by atoms with E-state index < -0.39 is 0 Å². The van der Waals surface area contributed by atoms with Crippen molar-refractivity contribution < 1.29 is 0 Å². The first kappa shape index (κ1) is 7.29. The van der Waals surface area contributed by atoms with Gasteiger partial charge in [-0.15, -0.1) is 0 Å². The Hall–Kier alpha value is -0.820. The van der Waals surface area contributed by atoms with Crippen LogP contribution in [0.1, 0.15) is 12.8 Å². The lowest BCUT2D eigenvalue weighted by Crippen LogP contribution is -2.15. The smallest absolute Gasteiger partial charge is 0.0120 e. The molecule has 54 valence electrons. The van der Waals surface area contributed by atoms with Gasteiger partial charge in [-0.05, 0) is 24.0 Å². The van der Waals surface area contributed by atoms with E-state index in [2.05, 4.69) is 13.2 Å². The standard InChI is InChI=1S/C9H13N/c1-3-7-5-9(10)6-8(7)4-2/h3-4,9H,1-2,5-6,10H2. The van der Waals surface area contributed by atoms with Crippen molar-refractivity contribution in [2.75, 3.05) is 0 Å². The average molecular weight is 135 g/mol. The van der Waals surface area contributed by atoms with Crippen LogP contribution in [0.5, 0.6) is 0 Å². The summed E-state index contributed by atoms with van der Waals surface area (Å²) in [6.07, 6.45) is 5.68. The van der Waals surface area contributed by atoms with E-state index in [0.717, 1.165) is 12.8 Å². The lowest BCUT2D eigenvalue weighted by Gasteiger charge is -1.97. The first-order chi connectivity index (χ1) is 4.77. The largest absolute Gasteiger partial charge is 0.327 e. The van der Waals surface area contributed by atoms with Gasteiger partial charge in [0.05, 0.1) is 0 Å². The minimum absolute atomic E-state index is 0.293. The van der Waals surface area contributed by atoms with Crippen LogP contribution in [0.3, 0.4) is 0 Å². The lowest BCUT2D eigenvalue weighted by molar-refractivity contribution is 0.719. The molecule has 1 aliphatic carbocycles. The molecule has 10 heavy (non-hydrogen) atoms. The Morgan fingerprint density at radius 3 is 1.90 bits per heavy atom. The van der Waals surface area contributed by atoms with Gasteiger partial charge in [-0.2, -0.15) is 0 Å². The predicted octanol–water partition coefficient (Wildman–Crippen LogP) is 1.78. The average Bonchev–Trinajstić information content (AvgIpc) is 2.30. The number of allylic oxidation sites excluding steroid dienone is 2. The van der Waals surface area contributed by atoms with Gasteiger partial charge in [0, 0.05) is 6.04 Å². The Kier molecular flexibility index (Phi) is 2.07. The highest BCUT2D eigenvalue weighted by Crippen LogP contribution is 2.26. The van der Waals surface area contributed by atoms with Crippen molar-refractivity contribution in [2.24, 2.45) is 5.73 Å². The lowest BCUT2D eigenvalue weighted by atomic mass is 10.1. The topological polar surface area (TPSA) is 26.0 Å². The maximum absolute atomic E-state index is 5.73. The minimum Gasteiger partial charge on any atom is -0.327 e. The van der Waals surface area contributed by atoms with Gasteiger partial charge in [0.1, 0.15) is 0 Å². The molecule has 0 aromatic heterocycles. The summed E-state index contributed by atoms with van der Waals surface area (Å²) in [7, 11) is 0. The highest BCUT2D eigenvalue weighted by molar-refractivity contribution is 5.36. The third-order valence-electron chi connectivity index (χ3n) is 1.87. The highest BCUT2D eigenvalue weighted by atomic mass is 14.6. The Bertz CT molecular complexity index is 169. The molecule has 0 aromatic rings. The van der Waals surface area contributed by atoms with Crippen molar-refractivity contribution in [3.8, 4) is 0 Å². The van der Waals surface area contributed by atoms with Crippen LogP contribution in [0.4, 0.5) is 0 Å². The number of hydrogen-bond donors (Lipinski definition) is 1. The van der Waals surface area contributed by atoms with E-state index in [4.69, 9.17) is 5.73 Å². The molecule has 0 unspecified atom stereocenters. The van der Waals surface area contributed by atoms with Crippen molar-refractivity contribution in [2.45, 2.75) is 18.9 Å². The van der Waals surface area contributed by atoms with Gasteiger partial charge in [-0.3, -0.25) is 0 Å². The molecule has 0 saturated heterocycles. The first-order valence-corrected chi connectivity index (χ1v) is 3.50. The molecule has 0 heterocycles. The second-order valence-corrected chi connectivity index (χ2v) is 2.63. The monoisotopic (exact) mass is 135 g/mol. The molecule has 0 radical (unpaired) electrons. The van der Waals surface area contributed by atoms with Gasteiger partial charge < -0.3 is 5.73 Å². The van der Waals surface area contributed by atoms with Crippen LogP contribution >= 0.6 is 0 Å². The van der Waals surface area contributed by atoms with Crippen molar-refractivity contribution >= 4 is 0 Å². The third kappa shape index (κ3) is 1.19. The quantitative estimate of drug-likeness (QED) is 0.613. The molecule has 0 spiro atoms. The van der Waals surface area contributed by atoms with E-state index in [0.29, 0.717) is 6.04 Å². The van der Waals surface area contributed by atoms with Crippen molar-refractivity contribution in [1.29, 1.82) is 0 Å². The molecular formula is C9H13N. The molecule has 1 rings (SSSR count). The number of hydrogen-bond acceptors (Lipinski definition) is 1. The summed E-state index contributed by atoms with van der Waals surface area (Å²) in [5.74, 6) is 0. The van der Waals surface area contributed by atoms with Gasteiger partial charge >= 0.3 is 0 Å². The number of rotatable bonds is 2. The zero-order valence-electron chi connectivity index (χ0n) is 6.14. The molecule has 0 bridgehead atoms. The maximum Gasteiger partial charge on any atom is 0.0120 e. The second-order valence-electron chi connectivity index (χ2n) is 2.63. The van der Waals surface area contributed by atoms with Crippen LogP contribution < -0.4 is 5.73 Å². The highest BCUT2D eigenvalue weighted by Gasteiger charge is 2.16. The van der Waals surface area contributed by atoms with E-state index in [1.165, 1.54) is 11.1 Å². The zero-order valence-corrected chi connectivity index (χ0v) is 6.14. The van der Waals surface area contributed by atoms with Crippen LogP contribution in [-0.4, -0.2) is 6.04 Å². The summed E-state index contributed by atoms with van der Waals surface area (Å²) >= 11 is 0. The molecule has 0 aromatic carbocycles. The van der Waals surface area contributed by atoms with Gasteiger partial charge in [-0.25, -0.2) is 0 Å². The second kappa shape index (κ2) is 2.84. The first-order valence-electron chi connectivity index (χ1n) is 3.50. The molecule has 0 fully saturated rings. The summed E-state index contributed by atoms with van der Waals surface area (Å²) in [5, 5.41) is 0. The zero-order chi connectivity index (χ0) is 7.56. The Morgan fingerprint density at radius 1 is 1.20 bits per heavy atom. The van der Waals surface area contributed by atoms with E-state index in [9.17, 15) is 0 Å². The Balaban J connectivity index is 2.80. The van der Waals surface area contributed by atoms with Crippen molar-refractivity contribution in [3.63, 3.8) is 0 Å². The molecule has 2 N–H and O–H groups in total. The van der Waals surface area contributed by atoms with Crippen LogP contribution in [-0.2, 0) is 0 Å². The van der Waals surface area contributed by atoms with Crippen LogP contribution in [0.2, 0.25) is 0 Å². The normalized spacial score (nSPS) is 19.7. The molecule has 1 aliphatic rings. The molecular weight excluding hydrogens is 122 g/mol. The summed E-state index contributed by atoms with van der Waals surface area (Å²) in [6, 6.07) is 0.293. The summed E-state index contributed by atoms with van der Waals surface area (Å²) in [6.45, 7) is 7.43. The van der Waals surface area contributed by atoms with Crippen LogP contribution in [0.15, 0.2) is 36.5 Å². The van der Waals surface area contributed by atoms with Gasteiger partial charge in [0.15, 0.2) is 0 Å². The fraction of sp³-hybridized carbons (Fsp3) is 0.333. The number of nitrogens with two attached hydrogens (primary N) is 1. The van der Waals surface area contributed by atoms with Crippen molar-refractivity contribution in [1.82, 2.24) is 0 Å². The Morgan fingerprint density at radius 2 is 1.60 bits per heavy atom. The molecule has 0 aliphatic heterocycles. The van der Waals surface area contributed by atoms with E-state index >= 15 is 0 Å². The third-order valence-corrected chi connectivity index (χ3v) is 1.87. The molecule has 0 saturated carbocycles. The van der Waals surface area contributed by atoms with Crippen LogP contribution in [0.25, 0.3) is 0 Å². The fourth-order valence-electron chi connectivity index (χ4n) is 1.33. The van der Waals surface area contributed by atoms with Crippen LogP contribution in [0, 0.1) is 0 Å². The van der Waals surface area contributed by atoms with Crippen molar-refractivity contribution in [3.05, 3.63) is 36.5 Å². The van der Waals surface area contributed by atoms with E-state index in [-0.39, 0.29) is 0 Å². The molecule has 0 amide bonds. The SMILES string of the molecule is C=CC1=C(C=C)CC(N)C1. The minimum atomic E-state index is 0.293. The Labute approximate surface area is 61.9 Å². The van der Waals surface area contributed by atoms with E-state index in [1.807, 2.05) is 12.2 Å². The molecule has 1 nitrogen and oxygen atoms in total. The summed E-state index contributed by atoms with van der Waals surface area (Å²) in [4.78, 5) is 0. The van der Waals surface area contributed by atoms with Gasteiger partial charge in [0.25, 0.3) is 0 Å². The fourth-order valence-corrected chi connectivity index (χ4v) is 1.33. The maximum atomic E-state index is 5.73. The summed E-state index contributed by atoms with van der Waals surface area (Å²) < 4.78 is 0. The summed E-state index contributed by atoms with van der Waals surface area (Å²) in [5.41, 5.74) is 8.26. The predicted molar refractivity (Wildman–Crippen MR) is 44.6 cm³/mol. The molecule has 0 atom stereocenters. The van der Waals surface area contributed by atoms with Gasteiger partial charge in [-0.1, -0.05) is 25.3 Å². The van der Waals surface area contributed by atoms with Gasteiger partial charge in [0.2, 0.25) is 0 Å². The van der Waals surface area contributed by atoms with E-state index in [1.54, 1.807) is 0 Å².